The van der Waals surface area contributed by atoms with Crippen LogP contribution in [0.3, 0.4) is 0 Å². The summed E-state index contributed by atoms with van der Waals surface area (Å²) in [6, 6.07) is 51.7. The largest absolute Gasteiger partial charge is 0.456 e. The summed E-state index contributed by atoms with van der Waals surface area (Å²) in [5.41, 5.74) is 15.5. The third kappa shape index (κ3) is 4.72. The molecule has 5 nitrogen and oxygen atoms in total. The molecule has 2 aliphatic rings. The summed E-state index contributed by atoms with van der Waals surface area (Å²) in [4.78, 5) is 16.1. The zero-order chi connectivity index (χ0) is 38.0. The molecule has 0 radical (unpaired) electrons. The SMILES string of the molecule is CC1c2cc3c(cc2-c2ccccc2CC1c1nc(-c2ccc4c(c2)oc2ccccc24)nc(-c2cccc4c2oc2ccccc24)n1)-c1ccccc1C3(C)C. The molecule has 5 heteroatoms. The van der Waals surface area contributed by atoms with Crippen molar-refractivity contribution in [3.8, 4) is 45.0 Å². The molecule has 7 aromatic carbocycles. The van der Waals surface area contributed by atoms with Crippen LogP contribution in [0.2, 0.25) is 0 Å². The number of hydrogen-bond acceptors (Lipinski definition) is 5. The standard InChI is InChI=1S/C52H37N3O2/c1-29-39-28-44-42(33-15-6-9-20-43(33)52(44,2)3)27-41(39)32-14-5-4-13-30(32)25-40(29)51-54-49(31-23-24-36-34-16-7-10-21-45(34)56-47(36)26-31)53-50(55-51)38-19-12-18-37-35-17-8-11-22-46(35)57-48(37)38/h4-24,26-29,40H,25H2,1-3H3. The molecular formula is C52H37N3O2. The maximum Gasteiger partial charge on any atom is 0.167 e. The second-order valence-electron chi connectivity index (χ2n) is 16.3. The molecule has 272 valence electrons. The Morgan fingerprint density at radius 3 is 2.04 bits per heavy atom. The number of para-hydroxylation sites is 3. The Bertz CT molecular complexity index is 3300. The zero-order valence-electron chi connectivity index (χ0n) is 31.9. The quantitative estimate of drug-likeness (QED) is 0.181. The molecule has 0 aliphatic heterocycles. The van der Waals surface area contributed by atoms with Gasteiger partial charge in [0.05, 0.1) is 5.56 Å². The van der Waals surface area contributed by atoms with Crippen LogP contribution < -0.4 is 0 Å². The lowest BCUT2D eigenvalue weighted by Gasteiger charge is -2.26. The van der Waals surface area contributed by atoms with Crippen molar-refractivity contribution in [2.75, 3.05) is 0 Å². The summed E-state index contributed by atoms with van der Waals surface area (Å²) in [7, 11) is 0. The van der Waals surface area contributed by atoms with Gasteiger partial charge in [-0.3, -0.25) is 0 Å². The first kappa shape index (κ1) is 32.4. The first-order valence-electron chi connectivity index (χ1n) is 19.9. The molecule has 10 aromatic rings. The van der Waals surface area contributed by atoms with Gasteiger partial charge in [0.15, 0.2) is 11.6 Å². The van der Waals surface area contributed by atoms with Crippen molar-refractivity contribution in [2.45, 2.75) is 44.4 Å². The van der Waals surface area contributed by atoms with Crippen LogP contribution in [0.25, 0.3) is 88.9 Å². The fourth-order valence-corrected chi connectivity index (χ4v) is 9.88. The first-order valence-corrected chi connectivity index (χ1v) is 19.9. The lowest BCUT2D eigenvalue weighted by atomic mass is 9.78. The first-order chi connectivity index (χ1) is 27.9. The van der Waals surface area contributed by atoms with Gasteiger partial charge < -0.3 is 8.83 Å². The van der Waals surface area contributed by atoms with E-state index in [4.69, 9.17) is 23.8 Å². The maximum absolute atomic E-state index is 6.57. The van der Waals surface area contributed by atoms with Gasteiger partial charge in [-0.25, -0.2) is 15.0 Å². The number of hydrogen-bond donors (Lipinski definition) is 0. The van der Waals surface area contributed by atoms with Gasteiger partial charge in [0.1, 0.15) is 28.2 Å². The Labute approximate surface area is 329 Å². The average molecular weight is 736 g/mol. The highest BCUT2D eigenvalue weighted by Gasteiger charge is 2.39. The molecule has 0 spiro atoms. The molecule has 2 aliphatic carbocycles. The van der Waals surface area contributed by atoms with Gasteiger partial charge >= 0.3 is 0 Å². The van der Waals surface area contributed by atoms with Crippen LogP contribution in [0.15, 0.2) is 154 Å². The molecule has 0 N–H and O–H groups in total. The molecule has 0 fully saturated rings. The number of aromatic nitrogens is 3. The predicted octanol–water partition coefficient (Wildman–Crippen LogP) is 13.4. The van der Waals surface area contributed by atoms with E-state index in [1.165, 1.54) is 44.5 Å². The minimum absolute atomic E-state index is 0.0392. The van der Waals surface area contributed by atoms with Crippen LogP contribution in [0.4, 0.5) is 0 Å². The molecule has 0 amide bonds. The molecule has 2 atom stereocenters. The predicted molar refractivity (Wildman–Crippen MR) is 230 cm³/mol. The highest BCUT2D eigenvalue weighted by Crippen LogP contribution is 2.54. The van der Waals surface area contributed by atoms with E-state index in [0.29, 0.717) is 11.6 Å². The summed E-state index contributed by atoms with van der Waals surface area (Å²) in [6.45, 7) is 7.08. The van der Waals surface area contributed by atoms with Gasteiger partial charge in [-0.2, -0.15) is 0 Å². The smallest absolute Gasteiger partial charge is 0.167 e. The van der Waals surface area contributed by atoms with Crippen molar-refractivity contribution >= 4 is 43.9 Å². The minimum Gasteiger partial charge on any atom is -0.456 e. The normalized spacial score (nSPS) is 16.8. The van der Waals surface area contributed by atoms with E-state index in [0.717, 1.165) is 67.2 Å². The van der Waals surface area contributed by atoms with Crippen molar-refractivity contribution in [1.82, 2.24) is 15.0 Å². The van der Waals surface area contributed by atoms with Gasteiger partial charge in [-0.1, -0.05) is 130 Å². The third-order valence-corrected chi connectivity index (χ3v) is 12.9. The van der Waals surface area contributed by atoms with Crippen LogP contribution in [-0.4, -0.2) is 15.0 Å². The molecule has 3 aromatic heterocycles. The van der Waals surface area contributed by atoms with E-state index >= 15 is 0 Å². The van der Waals surface area contributed by atoms with Crippen LogP contribution >= 0.6 is 0 Å². The topological polar surface area (TPSA) is 65.0 Å². The van der Waals surface area contributed by atoms with Gasteiger partial charge in [0.2, 0.25) is 0 Å². The van der Waals surface area contributed by atoms with Crippen LogP contribution in [-0.2, 0) is 11.8 Å². The lowest BCUT2D eigenvalue weighted by molar-refractivity contribution is 0.545. The number of fused-ring (bicyclic) bond motifs is 12. The van der Waals surface area contributed by atoms with Gasteiger partial charge in [0.25, 0.3) is 0 Å². The van der Waals surface area contributed by atoms with E-state index in [1.54, 1.807) is 0 Å². The molecule has 0 bridgehead atoms. The van der Waals surface area contributed by atoms with Crippen LogP contribution in [0.1, 0.15) is 60.7 Å². The van der Waals surface area contributed by atoms with Crippen molar-refractivity contribution < 1.29 is 8.83 Å². The molecule has 2 unspecified atom stereocenters. The lowest BCUT2D eigenvalue weighted by Crippen LogP contribution is -2.18. The molecule has 0 saturated heterocycles. The van der Waals surface area contributed by atoms with Gasteiger partial charge in [-0.05, 0) is 93.2 Å². The third-order valence-electron chi connectivity index (χ3n) is 12.9. The number of benzene rings is 7. The molecule has 57 heavy (non-hydrogen) atoms. The summed E-state index contributed by atoms with van der Waals surface area (Å²) in [5.74, 6) is 2.04. The van der Waals surface area contributed by atoms with Crippen LogP contribution in [0, 0.1) is 0 Å². The minimum atomic E-state index is -0.115. The number of nitrogens with zero attached hydrogens (tertiary/aromatic N) is 3. The Kier molecular flexibility index (Phi) is 6.72. The Morgan fingerprint density at radius 2 is 1.18 bits per heavy atom. The van der Waals surface area contributed by atoms with E-state index in [2.05, 4.69) is 136 Å². The van der Waals surface area contributed by atoms with E-state index < -0.39 is 0 Å². The van der Waals surface area contributed by atoms with Gasteiger partial charge in [0, 0.05) is 38.4 Å². The zero-order valence-corrected chi connectivity index (χ0v) is 31.9. The van der Waals surface area contributed by atoms with Crippen molar-refractivity contribution in [2.24, 2.45) is 0 Å². The average Bonchev–Trinajstić information content (AvgIpc) is 3.86. The van der Waals surface area contributed by atoms with Crippen molar-refractivity contribution in [1.29, 1.82) is 0 Å². The fraction of sp³-hybridized carbons (Fsp3) is 0.135. The molecular weight excluding hydrogens is 699 g/mol. The molecule has 0 saturated carbocycles. The fourth-order valence-electron chi connectivity index (χ4n) is 9.88. The summed E-state index contributed by atoms with van der Waals surface area (Å²) in [6.07, 6.45) is 0.789. The Balaban J connectivity index is 1.09. The van der Waals surface area contributed by atoms with Crippen molar-refractivity contribution in [3.63, 3.8) is 0 Å². The Morgan fingerprint density at radius 1 is 0.509 bits per heavy atom. The molecule has 3 heterocycles. The summed E-state index contributed by atoms with van der Waals surface area (Å²) >= 11 is 0. The monoisotopic (exact) mass is 735 g/mol. The van der Waals surface area contributed by atoms with Crippen molar-refractivity contribution in [3.05, 3.63) is 174 Å². The summed E-state index contributed by atoms with van der Waals surface area (Å²) < 4.78 is 12.9. The highest BCUT2D eigenvalue weighted by atomic mass is 16.3. The number of rotatable bonds is 3. The van der Waals surface area contributed by atoms with E-state index in [9.17, 15) is 0 Å². The second kappa shape index (κ2) is 11.8. The van der Waals surface area contributed by atoms with Crippen LogP contribution in [0.5, 0.6) is 0 Å². The summed E-state index contributed by atoms with van der Waals surface area (Å²) in [5, 5.41) is 4.27. The second-order valence-corrected chi connectivity index (χ2v) is 16.3. The molecule has 12 rings (SSSR count). The maximum atomic E-state index is 6.57. The number of furan rings is 2. The highest BCUT2D eigenvalue weighted by molar-refractivity contribution is 6.09. The van der Waals surface area contributed by atoms with Gasteiger partial charge in [-0.15, -0.1) is 0 Å². The Hall–Kier alpha value is -6.85. The van der Waals surface area contributed by atoms with E-state index in [-0.39, 0.29) is 17.3 Å². The van der Waals surface area contributed by atoms with E-state index in [1.807, 2.05) is 30.3 Å².